The van der Waals surface area contributed by atoms with Crippen molar-refractivity contribution in [2.45, 2.75) is 32.4 Å². The molecule has 5 nitrogen and oxygen atoms in total. The lowest BCUT2D eigenvalue weighted by atomic mass is 9.95. The quantitative estimate of drug-likeness (QED) is 0.484. The fourth-order valence-corrected chi connectivity index (χ4v) is 2.81. The molecule has 0 radical (unpaired) electrons. The second kappa shape index (κ2) is 7.54. The minimum atomic E-state index is -0.171. The molecule has 0 saturated carbocycles. The van der Waals surface area contributed by atoms with E-state index in [0.717, 1.165) is 25.2 Å². The smallest absolute Gasteiger partial charge is 0.238 e. The molecule has 116 valence electrons. The lowest BCUT2D eigenvalue weighted by molar-refractivity contribution is -0.120. The molecular formula is C16H25N3O2. The van der Waals surface area contributed by atoms with Gasteiger partial charge in [0.15, 0.2) is 0 Å². The summed E-state index contributed by atoms with van der Waals surface area (Å²) in [5, 5.41) is 0. The highest BCUT2D eigenvalue weighted by molar-refractivity contribution is 5.77. The third kappa shape index (κ3) is 4.52. The maximum absolute atomic E-state index is 11.2. The summed E-state index contributed by atoms with van der Waals surface area (Å²) in [6.45, 7) is 5.27. The number of rotatable bonds is 5. The Labute approximate surface area is 126 Å². The van der Waals surface area contributed by atoms with Crippen molar-refractivity contribution < 1.29 is 9.53 Å². The molecule has 1 fully saturated rings. The SMILES string of the molecule is COC1CN(Cc2ccc(CC(=O)NN)cc2)CCC1C. The molecule has 21 heavy (non-hydrogen) atoms. The van der Waals surface area contributed by atoms with Crippen molar-refractivity contribution in [2.24, 2.45) is 11.8 Å². The van der Waals surface area contributed by atoms with Crippen molar-refractivity contribution in [2.75, 3.05) is 20.2 Å². The van der Waals surface area contributed by atoms with Gasteiger partial charge in [0.05, 0.1) is 12.5 Å². The zero-order valence-corrected chi connectivity index (χ0v) is 12.8. The van der Waals surface area contributed by atoms with Crippen LogP contribution in [0, 0.1) is 5.92 Å². The van der Waals surface area contributed by atoms with E-state index in [9.17, 15) is 4.79 Å². The van der Waals surface area contributed by atoms with Gasteiger partial charge in [0, 0.05) is 20.2 Å². The normalized spacial score (nSPS) is 23.0. The Bertz CT molecular complexity index is 461. The number of benzene rings is 1. The van der Waals surface area contributed by atoms with Gasteiger partial charge in [-0.1, -0.05) is 31.2 Å². The monoisotopic (exact) mass is 291 g/mol. The zero-order valence-electron chi connectivity index (χ0n) is 12.8. The number of carbonyl (C=O) groups is 1. The summed E-state index contributed by atoms with van der Waals surface area (Å²) in [4.78, 5) is 13.7. The van der Waals surface area contributed by atoms with Crippen LogP contribution in [0.5, 0.6) is 0 Å². The molecule has 5 heteroatoms. The number of nitrogens with two attached hydrogens (primary N) is 1. The first-order chi connectivity index (χ1) is 10.1. The topological polar surface area (TPSA) is 67.6 Å². The Hall–Kier alpha value is -1.43. The summed E-state index contributed by atoms with van der Waals surface area (Å²) in [5.41, 5.74) is 4.38. The first kappa shape index (κ1) is 15.9. The lowest BCUT2D eigenvalue weighted by Gasteiger charge is -2.36. The molecule has 0 bridgehead atoms. The molecule has 1 aliphatic rings. The molecule has 2 unspecified atom stereocenters. The second-order valence-electron chi connectivity index (χ2n) is 5.84. The van der Waals surface area contributed by atoms with Gasteiger partial charge in [-0.25, -0.2) is 5.84 Å². The molecule has 2 atom stereocenters. The molecule has 1 aromatic carbocycles. The number of piperidine rings is 1. The van der Waals surface area contributed by atoms with E-state index in [0.29, 0.717) is 18.4 Å². The zero-order chi connectivity index (χ0) is 15.2. The minimum absolute atomic E-state index is 0.171. The van der Waals surface area contributed by atoms with Gasteiger partial charge in [-0.3, -0.25) is 15.1 Å². The molecule has 1 heterocycles. The number of hydrazine groups is 1. The number of amides is 1. The van der Waals surface area contributed by atoms with E-state index in [1.807, 2.05) is 12.1 Å². The summed E-state index contributed by atoms with van der Waals surface area (Å²) in [7, 11) is 1.79. The van der Waals surface area contributed by atoms with Crippen molar-refractivity contribution in [3.63, 3.8) is 0 Å². The van der Waals surface area contributed by atoms with Gasteiger partial charge in [-0.2, -0.15) is 0 Å². The Balaban J connectivity index is 1.90. The summed E-state index contributed by atoms with van der Waals surface area (Å²) in [5.74, 6) is 5.55. The average Bonchev–Trinajstić information content (AvgIpc) is 2.51. The minimum Gasteiger partial charge on any atom is -0.380 e. The number of hydrogen-bond acceptors (Lipinski definition) is 4. The van der Waals surface area contributed by atoms with Gasteiger partial charge >= 0.3 is 0 Å². The third-order valence-electron chi connectivity index (χ3n) is 4.23. The van der Waals surface area contributed by atoms with Crippen LogP contribution in [0.15, 0.2) is 24.3 Å². The number of nitrogens with one attached hydrogen (secondary N) is 1. The van der Waals surface area contributed by atoms with E-state index in [4.69, 9.17) is 10.6 Å². The van der Waals surface area contributed by atoms with Gasteiger partial charge < -0.3 is 4.74 Å². The van der Waals surface area contributed by atoms with Crippen molar-refractivity contribution in [1.82, 2.24) is 10.3 Å². The molecule has 2 rings (SSSR count). The van der Waals surface area contributed by atoms with Crippen LogP contribution in [-0.2, 0) is 22.5 Å². The van der Waals surface area contributed by atoms with Crippen LogP contribution in [0.25, 0.3) is 0 Å². The number of carbonyl (C=O) groups excluding carboxylic acids is 1. The molecule has 1 aliphatic heterocycles. The van der Waals surface area contributed by atoms with E-state index in [1.165, 1.54) is 12.0 Å². The van der Waals surface area contributed by atoms with Crippen LogP contribution in [-0.4, -0.2) is 37.1 Å². The molecule has 0 aromatic heterocycles. The number of nitrogens with zero attached hydrogens (tertiary/aromatic N) is 1. The van der Waals surface area contributed by atoms with Crippen LogP contribution in [0.3, 0.4) is 0 Å². The Morgan fingerprint density at radius 2 is 2.05 bits per heavy atom. The summed E-state index contributed by atoms with van der Waals surface area (Å²) in [6, 6.07) is 8.15. The van der Waals surface area contributed by atoms with Crippen LogP contribution < -0.4 is 11.3 Å². The average molecular weight is 291 g/mol. The van der Waals surface area contributed by atoms with E-state index in [-0.39, 0.29) is 5.91 Å². The molecule has 1 saturated heterocycles. The summed E-state index contributed by atoms with van der Waals surface area (Å²) < 4.78 is 5.55. The fraction of sp³-hybridized carbons (Fsp3) is 0.562. The van der Waals surface area contributed by atoms with E-state index < -0.39 is 0 Å². The highest BCUT2D eigenvalue weighted by atomic mass is 16.5. The van der Waals surface area contributed by atoms with Crippen molar-refractivity contribution in [3.05, 3.63) is 35.4 Å². The van der Waals surface area contributed by atoms with Crippen molar-refractivity contribution >= 4 is 5.91 Å². The standard InChI is InChI=1S/C16H25N3O2/c1-12-7-8-19(11-15(12)21-2)10-14-5-3-13(4-6-14)9-16(20)18-17/h3-6,12,15H,7-11,17H2,1-2H3,(H,18,20). The van der Waals surface area contributed by atoms with Gasteiger partial charge in [-0.05, 0) is 30.0 Å². The van der Waals surface area contributed by atoms with E-state index >= 15 is 0 Å². The fourth-order valence-electron chi connectivity index (χ4n) is 2.81. The van der Waals surface area contributed by atoms with Gasteiger partial charge in [0.1, 0.15) is 0 Å². The van der Waals surface area contributed by atoms with E-state index in [1.54, 1.807) is 7.11 Å². The number of methoxy groups -OCH3 is 1. The summed E-state index contributed by atoms with van der Waals surface area (Å²) in [6.07, 6.45) is 1.82. The molecule has 0 aliphatic carbocycles. The maximum atomic E-state index is 11.2. The van der Waals surface area contributed by atoms with Gasteiger partial charge in [0.25, 0.3) is 0 Å². The largest absolute Gasteiger partial charge is 0.380 e. The first-order valence-electron chi connectivity index (χ1n) is 7.44. The Kier molecular flexibility index (Phi) is 5.73. The predicted octanol–water partition coefficient (Wildman–Crippen LogP) is 1.08. The highest BCUT2D eigenvalue weighted by Gasteiger charge is 2.25. The highest BCUT2D eigenvalue weighted by Crippen LogP contribution is 2.21. The third-order valence-corrected chi connectivity index (χ3v) is 4.23. The number of ether oxygens (including phenoxy) is 1. The van der Waals surface area contributed by atoms with E-state index in [2.05, 4.69) is 29.4 Å². The molecule has 3 N–H and O–H groups in total. The Morgan fingerprint density at radius 3 is 2.67 bits per heavy atom. The number of likely N-dealkylation sites (tertiary alicyclic amines) is 1. The summed E-state index contributed by atoms with van der Waals surface area (Å²) >= 11 is 0. The van der Waals surface area contributed by atoms with Crippen molar-refractivity contribution in [3.8, 4) is 0 Å². The second-order valence-corrected chi connectivity index (χ2v) is 5.84. The van der Waals surface area contributed by atoms with Gasteiger partial charge in [-0.15, -0.1) is 0 Å². The van der Waals surface area contributed by atoms with Crippen LogP contribution >= 0.6 is 0 Å². The first-order valence-corrected chi connectivity index (χ1v) is 7.44. The van der Waals surface area contributed by atoms with Crippen LogP contribution in [0.4, 0.5) is 0 Å². The van der Waals surface area contributed by atoms with Crippen LogP contribution in [0.1, 0.15) is 24.5 Å². The molecule has 0 spiro atoms. The van der Waals surface area contributed by atoms with Crippen molar-refractivity contribution in [1.29, 1.82) is 0 Å². The lowest BCUT2D eigenvalue weighted by Crippen LogP contribution is -2.43. The maximum Gasteiger partial charge on any atom is 0.238 e. The van der Waals surface area contributed by atoms with Gasteiger partial charge in [0.2, 0.25) is 5.91 Å². The predicted molar refractivity (Wildman–Crippen MR) is 82.3 cm³/mol. The van der Waals surface area contributed by atoms with Crippen LogP contribution in [0.2, 0.25) is 0 Å². The molecule has 1 aromatic rings. The molecule has 1 amide bonds. The Morgan fingerprint density at radius 1 is 1.38 bits per heavy atom. The molecular weight excluding hydrogens is 266 g/mol. The number of hydrogen-bond donors (Lipinski definition) is 2.